The highest BCUT2D eigenvalue weighted by atomic mass is 16.5. The Morgan fingerprint density at radius 3 is 2.81 bits per heavy atom. The molecule has 0 bridgehead atoms. The van der Waals surface area contributed by atoms with E-state index in [0.29, 0.717) is 12.3 Å². The topological polar surface area (TPSA) is 66.8 Å². The number of carbonyl (C=O) groups excluding carboxylic acids is 1. The Labute approximate surface area is 126 Å². The molecule has 2 rings (SSSR count). The van der Waals surface area contributed by atoms with Crippen LogP contribution in [0.5, 0.6) is 0 Å². The lowest BCUT2D eigenvalue weighted by atomic mass is 9.56. The summed E-state index contributed by atoms with van der Waals surface area (Å²) in [6.45, 7) is 9.63. The van der Waals surface area contributed by atoms with Crippen molar-refractivity contribution in [2.24, 2.45) is 17.3 Å². The van der Waals surface area contributed by atoms with Gasteiger partial charge in [0, 0.05) is 19.3 Å². The first-order valence-electron chi connectivity index (χ1n) is 7.63. The molecule has 0 radical (unpaired) electrons. The standard InChI is InChI=1S/C17H26O4/c1-10(9-18)15-8-17(4)11(2)5-14(20)6-13(17)7-16(15)21-12(3)19/h6,11,14-16,18,20H,1,5,7-9H2,2-4H3/t11-,14+,15-,16+,17+/m0/s1. The van der Waals surface area contributed by atoms with Gasteiger partial charge in [-0.15, -0.1) is 0 Å². The molecule has 2 N–H and O–H groups in total. The van der Waals surface area contributed by atoms with E-state index < -0.39 is 6.10 Å². The van der Waals surface area contributed by atoms with E-state index in [1.54, 1.807) is 0 Å². The molecule has 0 aliphatic heterocycles. The number of carbonyl (C=O) groups is 1. The molecular formula is C17H26O4. The summed E-state index contributed by atoms with van der Waals surface area (Å²) < 4.78 is 5.46. The maximum absolute atomic E-state index is 11.4. The second-order valence-electron chi connectivity index (χ2n) is 6.79. The van der Waals surface area contributed by atoms with Gasteiger partial charge in [0.2, 0.25) is 0 Å². The average molecular weight is 294 g/mol. The minimum atomic E-state index is -0.418. The van der Waals surface area contributed by atoms with Crippen molar-refractivity contribution >= 4 is 5.97 Å². The molecule has 0 amide bonds. The van der Waals surface area contributed by atoms with E-state index in [-0.39, 0.29) is 30.0 Å². The molecule has 0 unspecified atom stereocenters. The lowest BCUT2D eigenvalue weighted by molar-refractivity contribution is -0.150. The lowest BCUT2D eigenvalue weighted by Gasteiger charge is -2.50. The summed E-state index contributed by atoms with van der Waals surface area (Å²) in [4.78, 5) is 11.4. The molecule has 2 aliphatic rings. The number of hydrogen-bond donors (Lipinski definition) is 2. The predicted molar refractivity (Wildman–Crippen MR) is 80.5 cm³/mol. The van der Waals surface area contributed by atoms with Crippen LogP contribution in [0, 0.1) is 17.3 Å². The summed E-state index contributed by atoms with van der Waals surface area (Å²) in [6.07, 6.45) is 3.37. The highest BCUT2D eigenvalue weighted by molar-refractivity contribution is 5.66. The molecule has 0 saturated heterocycles. The SMILES string of the molecule is C=C(CO)[C@@H]1C[C@@]2(C)C(=C[C@H](O)C[C@@H]2C)C[C@H]1OC(C)=O. The first-order chi connectivity index (χ1) is 9.77. The number of ether oxygens (including phenoxy) is 1. The van der Waals surface area contributed by atoms with E-state index in [2.05, 4.69) is 20.4 Å². The molecule has 5 atom stereocenters. The van der Waals surface area contributed by atoms with Gasteiger partial charge in [0.1, 0.15) is 6.10 Å². The Hall–Kier alpha value is -1.13. The summed E-state index contributed by atoms with van der Waals surface area (Å²) in [7, 11) is 0. The van der Waals surface area contributed by atoms with Crippen LogP contribution in [-0.4, -0.2) is 35.0 Å². The van der Waals surface area contributed by atoms with E-state index >= 15 is 0 Å². The minimum absolute atomic E-state index is 0.0289. The van der Waals surface area contributed by atoms with Gasteiger partial charge in [-0.2, -0.15) is 0 Å². The number of hydrogen-bond acceptors (Lipinski definition) is 4. The fraction of sp³-hybridized carbons (Fsp3) is 0.706. The number of fused-ring (bicyclic) bond motifs is 1. The molecule has 1 fully saturated rings. The van der Waals surface area contributed by atoms with Crippen molar-refractivity contribution in [3.8, 4) is 0 Å². The molecule has 2 aliphatic carbocycles. The third kappa shape index (κ3) is 3.06. The summed E-state index contributed by atoms with van der Waals surface area (Å²) in [5.41, 5.74) is 1.86. The molecule has 4 nitrogen and oxygen atoms in total. The largest absolute Gasteiger partial charge is 0.462 e. The zero-order valence-electron chi connectivity index (χ0n) is 13.1. The fourth-order valence-corrected chi connectivity index (χ4v) is 3.87. The van der Waals surface area contributed by atoms with E-state index in [0.717, 1.165) is 18.4 Å². The lowest BCUT2D eigenvalue weighted by Crippen LogP contribution is -2.46. The van der Waals surface area contributed by atoms with Gasteiger partial charge < -0.3 is 14.9 Å². The molecule has 1 saturated carbocycles. The Kier molecular flexibility index (Phi) is 4.59. The number of aliphatic hydroxyl groups excluding tert-OH is 2. The van der Waals surface area contributed by atoms with Gasteiger partial charge in [-0.05, 0) is 29.7 Å². The van der Waals surface area contributed by atoms with E-state index in [9.17, 15) is 15.0 Å². The van der Waals surface area contributed by atoms with Gasteiger partial charge >= 0.3 is 5.97 Å². The first kappa shape index (κ1) is 16.2. The van der Waals surface area contributed by atoms with Crippen LogP contribution in [0.3, 0.4) is 0 Å². The minimum Gasteiger partial charge on any atom is -0.462 e. The van der Waals surface area contributed by atoms with Crippen LogP contribution in [0.15, 0.2) is 23.8 Å². The van der Waals surface area contributed by atoms with Crippen molar-refractivity contribution in [1.29, 1.82) is 0 Å². The van der Waals surface area contributed by atoms with Gasteiger partial charge in [-0.25, -0.2) is 0 Å². The third-order valence-electron chi connectivity index (χ3n) is 5.37. The third-order valence-corrected chi connectivity index (χ3v) is 5.37. The van der Waals surface area contributed by atoms with Crippen LogP contribution < -0.4 is 0 Å². The van der Waals surface area contributed by atoms with Crippen molar-refractivity contribution in [2.75, 3.05) is 6.61 Å². The normalized spacial score (nSPS) is 39.2. The van der Waals surface area contributed by atoms with E-state index in [1.807, 2.05) is 6.08 Å². The van der Waals surface area contributed by atoms with Gasteiger partial charge in [0.05, 0.1) is 12.7 Å². The van der Waals surface area contributed by atoms with Gasteiger partial charge in [0.15, 0.2) is 0 Å². The van der Waals surface area contributed by atoms with Crippen molar-refractivity contribution in [3.05, 3.63) is 23.8 Å². The summed E-state index contributed by atoms with van der Waals surface area (Å²) in [5, 5.41) is 19.4. The molecule has 0 aromatic rings. The van der Waals surface area contributed by atoms with Crippen LogP contribution in [0.2, 0.25) is 0 Å². The van der Waals surface area contributed by atoms with Crippen LogP contribution >= 0.6 is 0 Å². The molecule has 21 heavy (non-hydrogen) atoms. The highest BCUT2D eigenvalue weighted by Crippen LogP contribution is 2.53. The first-order valence-corrected chi connectivity index (χ1v) is 7.63. The number of esters is 1. The zero-order valence-corrected chi connectivity index (χ0v) is 13.1. The molecule has 0 spiro atoms. The van der Waals surface area contributed by atoms with Crippen molar-refractivity contribution < 1.29 is 19.7 Å². The van der Waals surface area contributed by atoms with Gasteiger partial charge in [-0.3, -0.25) is 4.79 Å². The summed E-state index contributed by atoms with van der Waals surface area (Å²) in [6, 6.07) is 0. The molecule has 0 aromatic carbocycles. The highest BCUT2D eigenvalue weighted by Gasteiger charge is 2.48. The Morgan fingerprint density at radius 1 is 1.57 bits per heavy atom. The number of aliphatic hydroxyl groups is 2. The van der Waals surface area contributed by atoms with Gasteiger partial charge in [-0.1, -0.05) is 32.1 Å². The van der Waals surface area contributed by atoms with Crippen LogP contribution in [0.25, 0.3) is 0 Å². The predicted octanol–water partition coefficient (Wildman–Crippen LogP) is 2.21. The maximum Gasteiger partial charge on any atom is 0.302 e. The summed E-state index contributed by atoms with van der Waals surface area (Å²) >= 11 is 0. The quantitative estimate of drug-likeness (QED) is 0.618. The smallest absolute Gasteiger partial charge is 0.302 e. The average Bonchev–Trinajstić information content (AvgIpc) is 2.39. The van der Waals surface area contributed by atoms with Crippen LogP contribution in [0.1, 0.15) is 40.0 Å². The maximum atomic E-state index is 11.4. The van der Waals surface area contributed by atoms with E-state index in [4.69, 9.17) is 4.74 Å². The van der Waals surface area contributed by atoms with E-state index in [1.165, 1.54) is 12.5 Å². The molecular weight excluding hydrogens is 268 g/mol. The van der Waals surface area contributed by atoms with Crippen LogP contribution in [0.4, 0.5) is 0 Å². The monoisotopic (exact) mass is 294 g/mol. The molecule has 0 heterocycles. The molecule has 4 heteroatoms. The second-order valence-corrected chi connectivity index (χ2v) is 6.79. The zero-order chi connectivity index (χ0) is 15.8. The van der Waals surface area contributed by atoms with Crippen LogP contribution in [-0.2, 0) is 9.53 Å². The van der Waals surface area contributed by atoms with Crippen molar-refractivity contribution in [2.45, 2.75) is 52.2 Å². The second kappa shape index (κ2) is 5.93. The molecule has 118 valence electrons. The summed E-state index contributed by atoms with van der Waals surface area (Å²) in [5.74, 6) is 0.00265. The fourth-order valence-electron chi connectivity index (χ4n) is 3.87. The van der Waals surface area contributed by atoms with Gasteiger partial charge in [0.25, 0.3) is 0 Å². The van der Waals surface area contributed by atoms with Crippen molar-refractivity contribution in [1.82, 2.24) is 0 Å². The Balaban J connectivity index is 2.33. The molecule has 0 aromatic heterocycles. The Bertz CT molecular complexity index is 467. The van der Waals surface area contributed by atoms with Crippen molar-refractivity contribution in [3.63, 3.8) is 0 Å². The Morgan fingerprint density at radius 2 is 2.24 bits per heavy atom. The number of rotatable bonds is 3.